The number of rotatable bonds is 6. The van der Waals surface area contributed by atoms with Crippen LogP contribution in [-0.2, 0) is 16.1 Å². The second-order valence-corrected chi connectivity index (χ2v) is 7.34. The van der Waals surface area contributed by atoms with Gasteiger partial charge in [0.1, 0.15) is 17.9 Å². The number of nitrogens with one attached hydrogen (secondary N) is 3. The van der Waals surface area contributed by atoms with Crippen LogP contribution in [0.25, 0.3) is 0 Å². The van der Waals surface area contributed by atoms with Crippen LogP contribution in [0.1, 0.15) is 36.7 Å². The summed E-state index contributed by atoms with van der Waals surface area (Å²) >= 11 is 0. The van der Waals surface area contributed by atoms with Crippen molar-refractivity contribution in [3.8, 4) is 5.75 Å². The lowest BCUT2D eigenvalue weighted by Gasteiger charge is -2.19. The van der Waals surface area contributed by atoms with E-state index in [2.05, 4.69) is 16.0 Å². The van der Waals surface area contributed by atoms with Gasteiger partial charge in [-0.05, 0) is 56.7 Å². The van der Waals surface area contributed by atoms with Gasteiger partial charge in [-0.2, -0.15) is 0 Å². The number of ether oxygens (including phenoxy) is 1. The molecule has 3 amide bonds. The predicted octanol–water partition coefficient (Wildman–Crippen LogP) is 2.79. The molecular weight excluding hydrogens is 374 g/mol. The highest BCUT2D eigenvalue weighted by atomic mass is 16.6. The van der Waals surface area contributed by atoms with E-state index in [1.54, 1.807) is 57.2 Å². The third-order valence-corrected chi connectivity index (χ3v) is 3.56. The number of aromatic hydroxyl groups is 1. The van der Waals surface area contributed by atoms with Crippen LogP contribution in [0, 0.1) is 0 Å². The Morgan fingerprint density at radius 3 is 2.41 bits per heavy atom. The molecule has 0 saturated heterocycles. The van der Waals surface area contributed by atoms with Gasteiger partial charge in [-0.3, -0.25) is 9.59 Å². The van der Waals surface area contributed by atoms with Crippen LogP contribution >= 0.6 is 0 Å². The molecule has 0 heterocycles. The van der Waals surface area contributed by atoms with Crippen molar-refractivity contribution in [2.24, 2.45) is 0 Å². The van der Waals surface area contributed by atoms with Gasteiger partial charge in [0.05, 0.1) is 0 Å². The molecule has 0 aliphatic carbocycles. The van der Waals surface area contributed by atoms with Gasteiger partial charge in [-0.1, -0.05) is 18.2 Å². The number of benzene rings is 2. The van der Waals surface area contributed by atoms with Crippen LogP contribution in [0.4, 0.5) is 10.5 Å². The van der Waals surface area contributed by atoms with E-state index >= 15 is 0 Å². The topological polar surface area (TPSA) is 117 Å². The Morgan fingerprint density at radius 1 is 1.00 bits per heavy atom. The van der Waals surface area contributed by atoms with Gasteiger partial charge in [0.2, 0.25) is 5.91 Å². The summed E-state index contributed by atoms with van der Waals surface area (Å²) in [5.74, 6) is -0.712. The highest BCUT2D eigenvalue weighted by Gasteiger charge is 2.16. The highest BCUT2D eigenvalue weighted by Crippen LogP contribution is 2.13. The molecule has 0 aliphatic heterocycles. The molecular formula is C21H25N3O5. The molecule has 4 N–H and O–H groups in total. The van der Waals surface area contributed by atoms with Crippen molar-refractivity contribution in [3.63, 3.8) is 0 Å². The number of phenolic OH excluding ortho intramolecular Hbond substituents is 1. The zero-order valence-electron chi connectivity index (χ0n) is 16.6. The first-order chi connectivity index (χ1) is 13.6. The quantitative estimate of drug-likeness (QED) is 0.596. The lowest BCUT2D eigenvalue weighted by molar-refractivity contribution is -0.115. The first-order valence-corrected chi connectivity index (χ1v) is 9.05. The van der Waals surface area contributed by atoms with E-state index in [1.165, 1.54) is 12.1 Å². The van der Waals surface area contributed by atoms with Crippen molar-refractivity contribution in [2.45, 2.75) is 32.9 Å². The standard InChI is InChI=1S/C21H25N3O5/c1-21(2,3)29-20(28)23-13-18(26)24-16-8-4-6-14(10-16)12-22-19(27)15-7-5-9-17(25)11-15/h4-11,25H,12-13H2,1-3H3,(H,22,27)(H,23,28)(H,24,26). The van der Waals surface area contributed by atoms with Crippen LogP contribution in [-0.4, -0.2) is 35.2 Å². The molecule has 0 atom stereocenters. The van der Waals surface area contributed by atoms with Crippen LogP contribution < -0.4 is 16.0 Å². The van der Waals surface area contributed by atoms with Crippen molar-refractivity contribution in [2.75, 3.05) is 11.9 Å². The summed E-state index contributed by atoms with van der Waals surface area (Å²) in [7, 11) is 0. The van der Waals surface area contributed by atoms with Gasteiger partial charge in [0, 0.05) is 17.8 Å². The normalized spacial score (nSPS) is 10.7. The number of hydrogen-bond donors (Lipinski definition) is 4. The second-order valence-electron chi connectivity index (χ2n) is 7.34. The number of alkyl carbamates (subject to hydrolysis) is 1. The lowest BCUT2D eigenvalue weighted by atomic mass is 10.1. The lowest BCUT2D eigenvalue weighted by Crippen LogP contribution is -2.37. The number of hydrogen-bond acceptors (Lipinski definition) is 5. The molecule has 0 aliphatic rings. The molecule has 0 unspecified atom stereocenters. The maximum atomic E-state index is 12.1. The van der Waals surface area contributed by atoms with E-state index in [0.717, 1.165) is 5.56 Å². The number of phenols is 1. The molecule has 0 fully saturated rings. The Balaban J connectivity index is 1.85. The first-order valence-electron chi connectivity index (χ1n) is 9.05. The maximum absolute atomic E-state index is 12.1. The summed E-state index contributed by atoms with van der Waals surface area (Å²) in [6, 6.07) is 13.0. The largest absolute Gasteiger partial charge is 0.508 e. The van der Waals surface area contributed by atoms with Gasteiger partial charge < -0.3 is 25.8 Å². The zero-order chi connectivity index (χ0) is 21.4. The van der Waals surface area contributed by atoms with E-state index in [1.807, 2.05) is 0 Å². The van der Waals surface area contributed by atoms with Crippen LogP contribution in [0.15, 0.2) is 48.5 Å². The first kappa shape index (κ1) is 21.7. The Kier molecular flexibility index (Phi) is 7.19. The smallest absolute Gasteiger partial charge is 0.408 e. The summed E-state index contributed by atoms with van der Waals surface area (Å²) in [6.45, 7) is 5.22. The average molecular weight is 399 g/mol. The summed E-state index contributed by atoms with van der Waals surface area (Å²) in [5, 5.41) is 17.3. The molecule has 2 rings (SSSR count). The van der Waals surface area contributed by atoms with Gasteiger partial charge in [0.25, 0.3) is 5.91 Å². The van der Waals surface area contributed by atoms with Gasteiger partial charge in [-0.15, -0.1) is 0 Å². The molecule has 2 aromatic carbocycles. The van der Waals surface area contributed by atoms with Crippen molar-refractivity contribution >= 4 is 23.6 Å². The van der Waals surface area contributed by atoms with Crippen molar-refractivity contribution < 1.29 is 24.2 Å². The number of anilines is 1. The van der Waals surface area contributed by atoms with Crippen molar-refractivity contribution in [3.05, 3.63) is 59.7 Å². The summed E-state index contributed by atoms with van der Waals surface area (Å²) in [4.78, 5) is 35.7. The van der Waals surface area contributed by atoms with Crippen molar-refractivity contribution in [1.29, 1.82) is 0 Å². The van der Waals surface area contributed by atoms with Crippen LogP contribution in [0.3, 0.4) is 0 Å². The number of carbonyl (C=O) groups is 3. The fourth-order valence-electron chi connectivity index (χ4n) is 2.36. The fourth-order valence-corrected chi connectivity index (χ4v) is 2.36. The Labute approximate surface area is 169 Å². The number of amides is 3. The minimum Gasteiger partial charge on any atom is -0.508 e. The van der Waals surface area contributed by atoms with E-state index in [9.17, 15) is 19.5 Å². The minimum atomic E-state index is -0.670. The van der Waals surface area contributed by atoms with Crippen molar-refractivity contribution in [1.82, 2.24) is 10.6 Å². The SMILES string of the molecule is CC(C)(C)OC(=O)NCC(=O)Nc1cccc(CNC(=O)c2cccc(O)c2)c1. The van der Waals surface area contributed by atoms with Crippen LogP contribution in [0.2, 0.25) is 0 Å². The monoisotopic (exact) mass is 399 g/mol. The molecule has 0 radical (unpaired) electrons. The Morgan fingerprint density at radius 2 is 1.72 bits per heavy atom. The highest BCUT2D eigenvalue weighted by molar-refractivity contribution is 5.95. The minimum absolute atomic E-state index is 0.0161. The van der Waals surface area contributed by atoms with Crippen LogP contribution in [0.5, 0.6) is 5.75 Å². The Hall–Kier alpha value is -3.55. The molecule has 0 saturated carbocycles. The van der Waals surface area contributed by atoms with Gasteiger partial charge in [-0.25, -0.2) is 4.79 Å². The predicted molar refractivity (Wildman–Crippen MR) is 109 cm³/mol. The third-order valence-electron chi connectivity index (χ3n) is 3.56. The molecule has 8 heteroatoms. The molecule has 29 heavy (non-hydrogen) atoms. The summed E-state index contributed by atoms with van der Waals surface area (Å²) < 4.78 is 5.07. The fraction of sp³-hybridized carbons (Fsp3) is 0.286. The average Bonchev–Trinajstić information content (AvgIpc) is 2.63. The Bertz CT molecular complexity index is 890. The van der Waals surface area contributed by atoms with E-state index in [4.69, 9.17) is 4.74 Å². The zero-order valence-corrected chi connectivity index (χ0v) is 16.6. The van der Waals surface area contributed by atoms with E-state index in [-0.39, 0.29) is 24.7 Å². The number of carbonyl (C=O) groups excluding carboxylic acids is 3. The maximum Gasteiger partial charge on any atom is 0.408 e. The van der Waals surface area contributed by atoms with E-state index in [0.29, 0.717) is 11.3 Å². The third kappa shape index (κ3) is 7.92. The van der Waals surface area contributed by atoms with Gasteiger partial charge >= 0.3 is 6.09 Å². The molecule has 0 spiro atoms. The second kappa shape index (κ2) is 9.59. The molecule has 2 aromatic rings. The summed E-state index contributed by atoms with van der Waals surface area (Å²) in [6.07, 6.45) is -0.670. The molecule has 0 aromatic heterocycles. The summed E-state index contributed by atoms with van der Waals surface area (Å²) in [5.41, 5.74) is 1.02. The van der Waals surface area contributed by atoms with Gasteiger partial charge in [0.15, 0.2) is 0 Å². The molecule has 8 nitrogen and oxygen atoms in total. The van der Waals surface area contributed by atoms with E-state index < -0.39 is 17.6 Å². The molecule has 154 valence electrons. The molecule has 0 bridgehead atoms.